The van der Waals surface area contributed by atoms with Crippen LogP contribution in [0.4, 0.5) is 11.4 Å². The fourth-order valence-corrected chi connectivity index (χ4v) is 7.33. The van der Waals surface area contributed by atoms with Gasteiger partial charge in [-0.05, 0) is 56.2 Å². The molecule has 4 heterocycles. The molecule has 2 fully saturated rings. The van der Waals surface area contributed by atoms with Crippen molar-refractivity contribution in [3.05, 3.63) is 83.9 Å². The number of amides is 3. The minimum absolute atomic E-state index is 0.122. The molecule has 2 aromatic carbocycles. The summed E-state index contributed by atoms with van der Waals surface area (Å²) in [7, 11) is 0. The summed E-state index contributed by atoms with van der Waals surface area (Å²) in [6.07, 6.45) is 10.6. The van der Waals surface area contributed by atoms with E-state index in [4.69, 9.17) is 16.3 Å². The van der Waals surface area contributed by atoms with E-state index >= 15 is 0 Å². The SMILES string of the molecule is C[C@]12C=CCN(c3ccccc3)C(=O)[C@H]1[C@H]1C(=O)N(CCCCCCO)C3C(=O)N(c4ccc(Cl)cc4)CC=C[C@@]31O2. The number of para-hydroxylation sites is 1. The molecule has 3 amide bonds. The molecule has 5 atom stereocenters. The molecule has 1 unspecified atom stereocenters. The van der Waals surface area contributed by atoms with Crippen LogP contribution in [0.3, 0.4) is 0 Å². The number of halogens is 1. The molecule has 6 rings (SSSR count). The molecule has 0 aliphatic carbocycles. The Morgan fingerprint density at radius 1 is 0.810 bits per heavy atom. The summed E-state index contributed by atoms with van der Waals surface area (Å²) in [5.74, 6) is -2.34. The Labute approximate surface area is 251 Å². The van der Waals surface area contributed by atoms with Gasteiger partial charge in [0.05, 0.1) is 17.4 Å². The Bertz CT molecular complexity index is 1410. The van der Waals surface area contributed by atoms with Crippen molar-refractivity contribution >= 4 is 40.7 Å². The van der Waals surface area contributed by atoms with E-state index in [0.29, 0.717) is 43.2 Å². The highest BCUT2D eigenvalue weighted by molar-refractivity contribution is 6.30. The second-order valence-electron chi connectivity index (χ2n) is 11.7. The van der Waals surface area contributed by atoms with E-state index in [9.17, 15) is 19.5 Å². The first kappa shape index (κ1) is 28.6. The van der Waals surface area contributed by atoms with Gasteiger partial charge in [-0.3, -0.25) is 14.4 Å². The van der Waals surface area contributed by atoms with E-state index in [1.165, 1.54) is 0 Å². The van der Waals surface area contributed by atoms with Crippen molar-refractivity contribution in [2.75, 3.05) is 36.0 Å². The van der Waals surface area contributed by atoms with E-state index in [2.05, 4.69) is 0 Å². The molecule has 9 heteroatoms. The van der Waals surface area contributed by atoms with Gasteiger partial charge in [0.15, 0.2) is 0 Å². The molecule has 42 heavy (non-hydrogen) atoms. The third-order valence-electron chi connectivity index (χ3n) is 9.07. The number of hydrogen-bond acceptors (Lipinski definition) is 5. The van der Waals surface area contributed by atoms with Crippen molar-refractivity contribution < 1.29 is 24.2 Å². The van der Waals surface area contributed by atoms with Gasteiger partial charge < -0.3 is 24.5 Å². The normalized spacial score (nSPS) is 30.3. The Morgan fingerprint density at radius 2 is 1.45 bits per heavy atom. The number of nitrogens with zero attached hydrogens (tertiary/aromatic N) is 3. The number of carbonyl (C=O) groups excluding carboxylic acids is 3. The number of unbranched alkanes of at least 4 members (excludes halogenated alkanes) is 3. The summed E-state index contributed by atoms with van der Waals surface area (Å²) >= 11 is 6.14. The number of benzene rings is 2. The fourth-order valence-electron chi connectivity index (χ4n) is 7.20. The van der Waals surface area contributed by atoms with E-state index in [0.717, 1.165) is 18.5 Å². The van der Waals surface area contributed by atoms with Crippen molar-refractivity contribution in [1.29, 1.82) is 0 Å². The minimum atomic E-state index is -1.31. The van der Waals surface area contributed by atoms with Gasteiger partial charge in [0, 0.05) is 42.6 Å². The third kappa shape index (κ3) is 4.66. The maximum absolute atomic E-state index is 14.5. The standard InChI is InChI=1S/C33H36ClN3O5/c1-32-17-9-20-35(24-11-5-4-6-12-24)29(39)26(32)27-30(40)37(19-7-2-3-8-22-38)28-31(41)36(21-10-18-33(27,28)42-32)25-15-13-23(34)14-16-25/h4-6,9-18,26-28,38H,2-3,7-8,19-22H2,1H3/t26-,27+,28?,32+,33+/m1/s1. The highest BCUT2D eigenvalue weighted by Crippen LogP contribution is 2.57. The molecule has 2 aromatic rings. The predicted molar refractivity (Wildman–Crippen MR) is 161 cm³/mol. The van der Waals surface area contributed by atoms with Gasteiger partial charge in [0.25, 0.3) is 5.91 Å². The largest absolute Gasteiger partial charge is 0.396 e. The Morgan fingerprint density at radius 3 is 2.17 bits per heavy atom. The maximum atomic E-state index is 14.5. The Kier molecular flexibility index (Phi) is 7.72. The van der Waals surface area contributed by atoms with Crippen LogP contribution >= 0.6 is 11.6 Å². The molecule has 4 aliphatic heterocycles. The molecule has 0 radical (unpaired) electrons. The van der Waals surface area contributed by atoms with Crippen molar-refractivity contribution in [1.82, 2.24) is 4.90 Å². The summed E-state index contributed by atoms with van der Waals surface area (Å²) in [6, 6.07) is 15.6. The first-order chi connectivity index (χ1) is 20.3. The second kappa shape index (κ2) is 11.3. The molecule has 1 N–H and O–H groups in total. The lowest BCUT2D eigenvalue weighted by Gasteiger charge is -2.37. The first-order valence-electron chi connectivity index (χ1n) is 14.7. The minimum Gasteiger partial charge on any atom is -0.396 e. The highest BCUT2D eigenvalue weighted by Gasteiger charge is 2.74. The zero-order valence-corrected chi connectivity index (χ0v) is 24.5. The molecule has 2 saturated heterocycles. The molecular formula is C33H36ClN3O5. The summed E-state index contributed by atoms with van der Waals surface area (Å²) in [5, 5.41) is 9.76. The summed E-state index contributed by atoms with van der Waals surface area (Å²) < 4.78 is 6.92. The van der Waals surface area contributed by atoms with Crippen LogP contribution in [0.25, 0.3) is 0 Å². The second-order valence-corrected chi connectivity index (χ2v) is 12.1. The number of rotatable bonds is 8. The molecule has 4 aliphatic rings. The number of anilines is 2. The quantitative estimate of drug-likeness (QED) is 0.365. The van der Waals surface area contributed by atoms with Crippen LogP contribution < -0.4 is 9.80 Å². The Hall–Kier alpha value is -3.46. The number of likely N-dealkylation sites (tertiary alicyclic amines) is 1. The fraction of sp³-hybridized carbons (Fsp3) is 0.424. The summed E-state index contributed by atoms with van der Waals surface area (Å²) in [4.78, 5) is 48.4. The van der Waals surface area contributed by atoms with Gasteiger partial charge >= 0.3 is 0 Å². The van der Waals surface area contributed by atoms with E-state index in [1.807, 2.05) is 61.6 Å². The lowest BCUT2D eigenvalue weighted by molar-refractivity contribution is -0.144. The van der Waals surface area contributed by atoms with Crippen LogP contribution in [0, 0.1) is 11.8 Å². The summed E-state index contributed by atoms with van der Waals surface area (Å²) in [6.45, 7) is 3.01. The van der Waals surface area contributed by atoms with Crippen molar-refractivity contribution in [3.8, 4) is 0 Å². The smallest absolute Gasteiger partial charge is 0.253 e. The van der Waals surface area contributed by atoms with Gasteiger partial charge in [-0.2, -0.15) is 0 Å². The number of hydrogen-bond donors (Lipinski definition) is 1. The highest BCUT2D eigenvalue weighted by atomic mass is 35.5. The maximum Gasteiger partial charge on any atom is 0.253 e. The van der Waals surface area contributed by atoms with Crippen molar-refractivity contribution in [2.45, 2.75) is 49.9 Å². The average Bonchev–Trinajstić information content (AvgIpc) is 3.24. The van der Waals surface area contributed by atoms with Crippen molar-refractivity contribution in [3.63, 3.8) is 0 Å². The van der Waals surface area contributed by atoms with Gasteiger partial charge in [0.2, 0.25) is 11.8 Å². The number of carbonyl (C=O) groups is 3. The van der Waals surface area contributed by atoms with Crippen LogP contribution in [-0.4, -0.2) is 71.2 Å². The van der Waals surface area contributed by atoms with Gasteiger partial charge in [-0.25, -0.2) is 0 Å². The van der Waals surface area contributed by atoms with E-state index < -0.39 is 29.1 Å². The van der Waals surface area contributed by atoms with Crippen LogP contribution in [0.15, 0.2) is 78.9 Å². The van der Waals surface area contributed by atoms with Crippen LogP contribution in [0.1, 0.15) is 32.6 Å². The molecule has 8 nitrogen and oxygen atoms in total. The zero-order chi connectivity index (χ0) is 29.5. The summed E-state index contributed by atoms with van der Waals surface area (Å²) in [5.41, 5.74) is -0.956. The number of fused-ring (bicyclic) bond motifs is 2. The monoisotopic (exact) mass is 589 g/mol. The third-order valence-corrected chi connectivity index (χ3v) is 9.32. The molecule has 0 bridgehead atoms. The van der Waals surface area contributed by atoms with Gasteiger partial charge in [-0.1, -0.05) is 66.9 Å². The lowest BCUT2D eigenvalue weighted by Crippen LogP contribution is -2.56. The lowest BCUT2D eigenvalue weighted by atomic mass is 9.74. The first-order valence-corrected chi connectivity index (χ1v) is 15.1. The van der Waals surface area contributed by atoms with E-state index in [1.54, 1.807) is 39.0 Å². The predicted octanol–water partition coefficient (Wildman–Crippen LogP) is 4.37. The molecule has 1 spiro atoms. The van der Waals surface area contributed by atoms with Crippen LogP contribution in [0.2, 0.25) is 5.02 Å². The Balaban J connectivity index is 1.42. The van der Waals surface area contributed by atoms with Gasteiger partial charge in [-0.15, -0.1) is 0 Å². The number of aliphatic hydroxyl groups is 1. The zero-order valence-electron chi connectivity index (χ0n) is 23.7. The van der Waals surface area contributed by atoms with Crippen molar-refractivity contribution in [2.24, 2.45) is 11.8 Å². The number of aliphatic hydroxyl groups excluding tert-OH is 1. The molecule has 0 saturated carbocycles. The van der Waals surface area contributed by atoms with Gasteiger partial charge in [0.1, 0.15) is 11.6 Å². The topological polar surface area (TPSA) is 90.4 Å². The van der Waals surface area contributed by atoms with Crippen LogP contribution in [-0.2, 0) is 19.1 Å². The molecule has 0 aromatic heterocycles. The average molecular weight is 590 g/mol. The van der Waals surface area contributed by atoms with E-state index in [-0.39, 0.29) is 24.3 Å². The molecule has 220 valence electrons. The van der Waals surface area contributed by atoms with Crippen LogP contribution in [0.5, 0.6) is 0 Å². The number of ether oxygens (including phenoxy) is 1. The molecular weight excluding hydrogens is 554 g/mol.